The molecular weight excluding hydrogens is 286 g/mol. The van der Waals surface area contributed by atoms with E-state index < -0.39 is 5.76 Å². The number of para-hydroxylation sites is 1. The molecule has 19 heavy (non-hydrogen) atoms. The summed E-state index contributed by atoms with van der Waals surface area (Å²) in [6.07, 6.45) is 0.851. The van der Waals surface area contributed by atoms with Gasteiger partial charge in [-0.3, -0.25) is 0 Å². The standard InChI is InChI=1S/C13H14F2N2S2/c1-9-11(18-8-17-9)6-7-16-10-4-2-3-5-12(10)19-13(14)15/h2-5,8,13,16H,6-7H2,1H3. The Bertz CT molecular complexity index is 529. The minimum Gasteiger partial charge on any atom is -0.384 e. The molecule has 0 aliphatic rings. The monoisotopic (exact) mass is 300 g/mol. The molecule has 0 amide bonds. The van der Waals surface area contributed by atoms with Crippen LogP contribution in [0.15, 0.2) is 34.7 Å². The smallest absolute Gasteiger partial charge is 0.288 e. The maximum Gasteiger partial charge on any atom is 0.288 e. The van der Waals surface area contributed by atoms with Gasteiger partial charge in [-0.1, -0.05) is 23.9 Å². The molecule has 1 N–H and O–H groups in total. The first-order chi connectivity index (χ1) is 9.16. The molecule has 0 spiro atoms. The number of nitrogens with zero attached hydrogens (tertiary/aromatic N) is 1. The van der Waals surface area contributed by atoms with Gasteiger partial charge in [-0.05, 0) is 19.1 Å². The van der Waals surface area contributed by atoms with Gasteiger partial charge in [-0.15, -0.1) is 11.3 Å². The molecule has 2 rings (SSSR count). The summed E-state index contributed by atoms with van der Waals surface area (Å²) in [6, 6.07) is 7.14. The zero-order valence-electron chi connectivity index (χ0n) is 10.4. The number of alkyl halides is 2. The van der Waals surface area contributed by atoms with Crippen LogP contribution in [0.25, 0.3) is 0 Å². The van der Waals surface area contributed by atoms with Crippen molar-refractivity contribution in [3.63, 3.8) is 0 Å². The SMILES string of the molecule is Cc1ncsc1CCNc1ccccc1SC(F)F. The summed E-state index contributed by atoms with van der Waals surface area (Å²) >= 11 is 2.19. The van der Waals surface area contributed by atoms with E-state index in [1.54, 1.807) is 23.5 Å². The van der Waals surface area contributed by atoms with Crippen LogP contribution >= 0.6 is 23.1 Å². The van der Waals surface area contributed by atoms with E-state index in [0.29, 0.717) is 23.2 Å². The van der Waals surface area contributed by atoms with Crippen LogP contribution in [0.5, 0.6) is 0 Å². The van der Waals surface area contributed by atoms with E-state index in [9.17, 15) is 8.78 Å². The molecule has 2 aromatic rings. The number of hydrogen-bond donors (Lipinski definition) is 1. The Morgan fingerprint density at radius 2 is 2.16 bits per heavy atom. The molecule has 0 saturated heterocycles. The van der Waals surface area contributed by atoms with Crippen molar-refractivity contribution < 1.29 is 8.78 Å². The van der Waals surface area contributed by atoms with Crippen molar-refractivity contribution in [2.24, 2.45) is 0 Å². The fourth-order valence-electron chi connectivity index (χ4n) is 1.69. The number of rotatable bonds is 6. The molecule has 1 aromatic heterocycles. The van der Waals surface area contributed by atoms with Gasteiger partial charge in [-0.2, -0.15) is 8.78 Å². The molecule has 6 heteroatoms. The van der Waals surface area contributed by atoms with Crippen LogP contribution in [-0.2, 0) is 6.42 Å². The summed E-state index contributed by atoms with van der Waals surface area (Å²) in [6.45, 7) is 2.69. The van der Waals surface area contributed by atoms with Crippen LogP contribution in [0, 0.1) is 6.92 Å². The number of aromatic nitrogens is 1. The maximum absolute atomic E-state index is 12.4. The van der Waals surface area contributed by atoms with Gasteiger partial charge in [0.1, 0.15) is 0 Å². The summed E-state index contributed by atoms with van der Waals surface area (Å²) in [7, 11) is 0. The predicted octanol–water partition coefficient (Wildman–Crippen LogP) is 4.42. The van der Waals surface area contributed by atoms with Gasteiger partial charge in [0.05, 0.1) is 11.2 Å². The Kier molecular flexibility index (Phi) is 5.15. The second kappa shape index (κ2) is 6.86. The van der Waals surface area contributed by atoms with Crippen molar-refractivity contribution in [3.8, 4) is 0 Å². The molecule has 0 bridgehead atoms. The van der Waals surface area contributed by atoms with E-state index >= 15 is 0 Å². The third-order valence-corrected chi connectivity index (χ3v) is 4.40. The second-order valence-electron chi connectivity index (χ2n) is 3.91. The van der Waals surface area contributed by atoms with Crippen molar-refractivity contribution >= 4 is 28.8 Å². The molecule has 0 aliphatic carbocycles. The van der Waals surface area contributed by atoms with Gasteiger partial charge in [0.15, 0.2) is 0 Å². The lowest BCUT2D eigenvalue weighted by Gasteiger charge is -2.10. The molecule has 1 aromatic carbocycles. The number of benzene rings is 1. The molecule has 0 atom stereocenters. The highest BCUT2D eigenvalue weighted by molar-refractivity contribution is 7.99. The van der Waals surface area contributed by atoms with Gasteiger partial charge < -0.3 is 5.32 Å². The first-order valence-corrected chi connectivity index (χ1v) is 7.59. The molecule has 0 saturated carbocycles. The molecule has 2 nitrogen and oxygen atoms in total. The Hall–Kier alpha value is -1.14. The third-order valence-electron chi connectivity index (χ3n) is 2.62. The van der Waals surface area contributed by atoms with Crippen molar-refractivity contribution in [1.29, 1.82) is 0 Å². The van der Waals surface area contributed by atoms with Crippen LogP contribution in [0.1, 0.15) is 10.6 Å². The van der Waals surface area contributed by atoms with Crippen LogP contribution in [0.2, 0.25) is 0 Å². The Balaban J connectivity index is 1.94. The summed E-state index contributed by atoms with van der Waals surface area (Å²) in [5.74, 6) is -2.40. The van der Waals surface area contributed by atoms with Gasteiger partial charge in [0.2, 0.25) is 0 Å². The quantitative estimate of drug-likeness (QED) is 0.799. The molecule has 0 aliphatic heterocycles. The summed E-state index contributed by atoms with van der Waals surface area (Å²) in [5, 5.41) is 3.21. The molecule has 0 fully saturated rings. The second-order valence-corrected chi connectivity index (χ2v) is 5.88. The van der Waals surface area contributed by atoms with Crippen molar-refractivity contribution in [2.45, 2.75) is 24.0 Å². The highest BCUT2D eigenvalue weighted by Gasteiger charge is 2.09. The average molecular weight is 300 g/mol. The van der Waals surface area contributed by atoms with Crippen molar-refractivity contribution in [3.05, 3.63) is 40.3 Å². The lowest BCUT2D eigenvalue weighted by Crippen LogP contribution is -2.05. The number of thioether (sulfide) groups is 1. The molecule has 0 radical (unpaired) electrons. The predicted molar refractivity (Wildman–Crippen MR) is 77.3 cm³/mol. The number of thiazole rings is 1. The Morgan fingerprint density at radius 1 is 1.37 bits per heavy atom. The zero-order valence-corrected chi connectivity index (χ0v) is 12.0. The Labute approximate surface area is 119 Å². The summed E-state index contributed by atoms with van der Waals surface area (Å²) in [5.41, 5.74) is 3.63. The molecule has 0 unspecified atom stereocenters. The molecule has 1 heterocycles. The maximum atomic E-state index is 12.4. The largest absolute Gasteiger partial charge is 0.384 e. The fourth-order valence-corrected chi connectivity index (χ4v) is 3.09. The summed E-state index contributed by atoms with van der Waals surface area (Å²) < 4.78 is 24.9. The fraction of sp³-hybridized carbons (Fsp3) is 0.308. The molecule has 102 valence electrons. The van der Waals surface area contributed by atoms with Crippen LogP contribution < -0.4 is 5.32 Å². The van der Waals surface area contributed by atoms with E-state index in [1.165, 1.54) is 4.88 Å². The normalized spacial score (nSPS) is 10.9. The highest BCUT2D eigenvalue weighted by Crippen LogP contribution is 2.31. The molecular formula is C13H14F2N2S2. The zero-order chi connectivity index (χ0) is 13.7. The van der Waals surface area contributed by atoms with Crippen molar-refractivity contribution in [2.75, 3.05) is 11.9 Å². The number of aryl methyl sites for hydroxylation is 1. The average Bonchev–Trinajstić information content (AvgIpc) is 2.77. The summed E-state index contributed by atoms with van der Waals surface area (Å²) in [4.78, 5) is 6.00. The lowest BCUT2D eigenvalue weighted by molar-refractivity contribution is 0.252. The van der Waals surface area contributed by atoms with Crippen LogP contribution in [0.3, 0.4) is 0 Å². The van der Waals surface area contributed by atoms with E-state index in [2.05, 4.69) is 10.3 Å². The topological polar surface area (TPSA) is 24.9 Å². The van der Waals surface area contributed by atoms with E-state index in [1.807, 2.05) is 24.6 Å². The highest BCUT2D eigenvalue weighted by atomic mass is 32.2. The Morgan fingerprint density at radius 3 is 2.84 bits per heavy atom. The minimum atomic E-state index is -2.40. The third kappa shape index (κ3) is 4.18. The van der Waals surface area contributed by atoms with E-state index in [4.69, 9.17) is 0 Å². The number of hydrogen-bond acceptors (Lipinski definition) is 4. The number of halogens is 2. The minimum absolute atomic E-state index is 0.571. The van der Waals surface area contributed by atoms with Gasteiger partial charge >= 0.3 is 0 Å². The lowest BCUT2D eigenvalue weighted by atomic mass is 10.3. The van der Waals surface area contributed by atoms with E-state index in [-0.39, 0.29) is 0 Å². The van der Waals surface area contributed by atoms with Gasteiger partial charge in [0, 0.05) is 28.4 Å². The number of anilines is 1. The van der Waals surface area contributed by atoms with Crippen LogP contribution in [-0.4, -0.2) is 17.3 Å². The first-order valence-electron chi connectivity index (χ1n) is 5.83. The van der Waals surface area contributed by atoms with E-state index in [0.717, 1.165) is 17.8 Å². The van der Waals surface area contributed by atoms with Gasteiger partial charge in [-0.25, -0.2) is 4.98 Å². The first kappa shape index (κ1) is 14.3. The van der Waals surface area contributed by atoms with Gasteiger partial charge in [0.25, 0.3) is 5.76 Å². The van der Waals surface area contributed by atoms with Crippen molar-refractivity contribution in [1.82, 2.24) is 4.98 Å². The van der Waals surface area contributed by atoms with Crippen LogP contribution in [0.4, 0.5) is 14.5 Å². The number of nitrogens with one attached hydrogen (secondary N) is 1.